The second-order valence-electron chi connectivity index (χ2n) is 4.95. The van der Waals surface area contributed by atoms with Crippen molar-refractivity contribution in [1.29, 1.82) is 0 Å². The van der Waals surface area contributed by atoms with Crippen molar-refractivity contribution in [2.75, 3.05) is 26.1 Å². The standard InChI is InChI=1S/C13H29ClN.BrH/c1-4-6-8-10-12-15(3,13-14)11-9-7-5-2;/h4-13H2,1-3H3;1H/q+1;/p-1. The third-order valence-corrected chi connectivity index (χ3v) is 3.72. The van der Waals surface area contributed by atoms with E-state index in [2.05, 4.69) is 20.9 Å². The number of alkyl halides is 1. The normalized spacial score (nSPS) is 14.2. The summed E-state index contributed by atoms with van der Waals surface area (Å²) < 4.78 is 1.06. The van der Waals surface area contributed by atoms with Crippen molar-refractivity contribution in [3.63, 3.8) is 0 Å². The van der Waals surface area contributed by atoms with Gasteiger partial charge in [0.1, 0.15) is 0 Å². The molecule has 0 aromatic rings. The Bertz CT molecular complexity index is 144. The highest BCUT2D eigenvalue weighted by atomic mass is 79.9. The van der Waals surface area contributed by atoms with Gasteiger partial charge in [0.15, 0.2) is 6.00 Å². The summed E-state index contributed by atoms with van der Waals surface area (Å²) in [6.07, 6.45) is 9.38. The van der Waals surface area contributed by atoms with Crippen LogP contribution >= 0.6 is 11.6 Å². The molecule has 1 atom stereocenters. The Hall–Kier alpha value is 0.730. The zero-order chi connectivity index (χ0) is 11.6. The summed E-state index contributed by atoms with van der Waals surface area (Å²) >= 11 is 6.07. The Morgan fingerprint density at radius 1 is 0.812 bits per heavy atom. The molecule has 3 heteroatoms. The van der Waals surface area contributed by atoms with E-state index >= 15 is 0 Å². The first-order valence-electron chi connectivity index (χ1n) is 6.58. The highest BCUT2D eigenvalue weighted by Crippen LogP contribution is 2.12. The van der Waals surface area contributed by atoms with E-state index in [1.807, 2.05) is 0 Å². The van der Waals surface area contributed by atoms with Crippen LogP contribution in [0.15, 0.2) is 0 Å². The van der Waals surface area contributed by atoms with Gasteiger partial charge in [-0.2, -0.15) is 0 Å². The molecule has 0 aromatic carbocycles. The van der Waals surface area contributed by atoms with Crippen LogP contribution in [0.25, 0.3) is 0 Å². The number of hydrogen-bond acceptors (Lipinski definition) is 0. The molecule has 1 nitrogen and oxygen atoms in total. The lowest BCUT2D eigenvalue weighted by Gasteiger charge is -2.32. The molecule has 16 heavy (non-hydrogen) atoms. The molecule has 0 heterocycles. The minimum atomic E-state index is 0. The van der Waals surface area contributed by atoms with E-state index < -0.39 is 0 Å². The van der Waals surface area contributed by atoms with Gasteiger partial charge in [0.25, 0.3) is 0 Å². The molecule has 0 N–H and O–H groups in total. The molecule has 0 aliphatic carbocycles. The first-order chi connectivity index (χ1) is 7.18. The molecule has 0 saturated carbocycles. The molecule has 0 aliphatic heterocycles. The van der Waals surface area contributed by atoms with Gasteiger partial charge in [-0.25, -0.2) is 0 Å². The summed E-state index contributed by atoms with van der Waals surface area (Å²) in [5, 5.41) is 0. The van der Waals surface area contributed by atoms with E-state index in [0.29, 0.717) is 0 Å². The third-order valence-electron chi connectivity index (χ3n) is 3.14. The van der Waals surface area contributed by atoms with Crippen molar-refractivity contribution >= 4 is 11.6 Å². The average Bonchev–Trinajstić information content (AvgIpc) is 2.25. The van der Waals surface area contributed by atoms with Crippen LogP contribution < -0.4 is 17.0 Å². The predicted octanol–water partition coefficient (Wildman–Crippen LogP) is 1.40. The largest absolute Gasteiger partial charge is 1.00 e. The molecular weight excluding hydrogens is 286 g/mol. The fourth-order valence-electron chi connectivity index (χ4n) is 1.90. The molecular formula is C13H29BrClN. The summed E-state index contributed by atoms with van der Waals surface area (Å²) in [5.41, 5.74) is 0. The van der Waals surface area contributed by atoms with Crippen LogP contribution in [-0.2, 0) is 0 Å². The van der Waals surface area contributed by atoms with Gasteiger partial charge in [0, 0.05) is 0 Å². The van der Waals surface area contributed by atoms with Crippen LogP contribution in [0.3, 0.4) is 0 Å². The number of unbranched alkanes of at least 4 members (excludes halogenated alkanes) is 5. The minimum Gasteiger partial charge on any atom is -1.00 e. The number of rotatable bonds is 10. The lowest BCUT2D eigenvalue weighted by Crippen LogP contribution is -3.00. The van der Waals surface area contributed by atoms with Crippen LogP contribution in [-0.4, -0.2) is 30.6 Å². The molecule has 0 saturated heterocycles. The van der Waals surface area contributed by atoms with Gasteiger partial charge in [0.05, 0.1) is 20.1 Å². The summed E-state index contributed by atoms with van der Waals surface area (Å²) in [6, 6.07) is 0.774. The first kappa shape index (κ1) is 19.1. The Balaban J connectivity index is 0. The number of hydrogen-bond donors (Lipinski definition) is 0. The molecule has 0 bridgehead atoms. The van der Waals surface area contributed by atoms with Gasteiger partial charge in [-0.05, 0) is 25.7 Å². The zero-order valence-corrected chi connectivity index (χ0v) is 13.6. The number of halogens is 2. The molecule has 100 valence electrons. The number of nitrogens with zero attached hydrogens (tertiary/aromatic N) is 1. The van der Waals surface area contributed by atoms with E-state index in [4.69, 9.17) is 11.6 Å². The maximum atomic E-state index is 6.07. The molecule has 0 aliphatic rings. The Morgan fingerprint density at radius 2 is 1.25 bits per heavy atom. The summed E-state index contributed by atoms with van der Waals surface area (Å²) in [5.74, 6) is 0. The molecule has 0 radical (unpaired) electrons. The van der Waals surface area contributed by atoms with Gasteiger partial charge in [0.2, 0.25) is 0 Å². The molecule has 0 aromatic heterocycles. The molecule has 1 unspecified atom stereocenters. The fraction of sp³-hybridized carbons (Fsp3) is 1.00. The summed E-state index contributed by atoms with van der Waals surface area (Å²) in [7, 11) is 2.30. The van der Waals surface area contributed by atoms with Crippen molar-refractivity contribution < 1.29 is 21.5 Å². The SMILES string of the molecule is CCCCCC[N+](C)(CCl)CCCCC.[Br-]. The summed E-state index contributed by atoms with van der Waals surface area (Å²) in [4.78, 5) is 0. The molecule has 0 amide bonds. The third kappa shape index (κ3) is 9.92. The minimum absolute atomic E-state index is 0. The first-order valence-corrected chi connectivity index (χ1v) is 7.11. The van der Waals surface area contributed by atoms with Gasteiger partial charge >= 0.3 is 0 Å². The lowest BCUT2D eigenvalue weighted by molar-refractivity contribution is -0.899. The molecule has 0 fully saturated rings. The van der Waals surface area contributed by atoms with E-state index in [9.17, 15) is 0 Å². The highest BCUT2D eigenvalue weighted by Gasteiger charge is 2.18. The second-order valence-corrected chi connectivity index (χ2v) is 5.19. The van der Waals surface area contributed by atoms with Crippen molar-refractivity contribution in [2.24, 2.45) is 0 Å². The van der Waals surface area contributed by atoms with Crippen LogP contribution in [0.2, 0.25) is 0 Å². The smallest absolute Gasteiger partial charge is 0.154 e. The fourth-order valence-corrected chi connectivity index (χ4v) is 2.13. The van der Waals surface area contributed by atoms with E-state index in [0.717, 1.165) is 10.5 Å². The van der Waals surface area contributed by atoms with E-state index in [1.54, 1.807) is 0 Å². The van der Waals surface area contributed by atoms with E-state index in [-0.39, 0.29) is 17.0 Å². The average molecular weight is 315 g/mol. The van der Waals surface area contributed by atoms with Gasteiger partial charge < -0.3 is 21.5 Å². The Kier molecular flexibility index (Phi) is 14.5. The van der Waals surface area contributed by atoms with Crippen molar-refractivity contribution in [2.45, 2.75) is 58.8 Å². The van der Waals surface area contributed by atoms with Gasteiger partial charge in [-0.3, -0.25) is 0 Å². The lowest BCUT2D eigenvalue weighted by atomic mass is 10.1. The second kappa shape index (κ2) is 12.2. The maximum Gasteiger partial charge on any atom is 0.154 e. The van der Waals surface area contributed by atoms with Crippen LogP contribution in [0.4, 0.5) is 0 Å². The predicted molar refractivity (Wildman–Crippen MR) is 70.3 cm³/mol. The van der Waals surface area contributed by atoms with E-state index in [1.165, 1.54) is 58.0 Å². The van der Waals surface area contributed by atoms with Crippen molar-refractivity contribution in [3.05, 3.63) is 0 Å². The zero-order valence-electron chi connectivity index (χ0n) is 11.3. The van der Waals surface area contributed by atoms with Gasteiger partial charge in [-0.1, -0.05) is 44.7 Å². The molecule has 0 rings (SSSR count). The van der Waals surface area contributed by atoms with Crippen LogP contribution in [0.1, 0.15) is 58.8 Å². The van der Waals surface area contributed by atoms with Crippen LogP contribution in [0, 0.1) is 0 Å². The Labute approximate surface area is 118 Å². The monoisotopic (exact) mass is 313 g/mol. The summed E-state index contributed by atoms with van der Waals surface area (Å²) in [6.45, 7) is 7.03. The Morgan fingerprint density at radius 3 is 1.69 bits per heavy atom. The van der Waals surface area contributed by atoms with Crippen LogP contribution in [0.5, 0.6) is 0 Å². The van der Waals surface area contributed by atoms with Crippen molar-refractivity contribution in [3.8, 4) is 0 Å². The quantitative estimate of drug-likeness (QED) is 0.247. The van der Waals surface area contributed by atoms with Gasteiger partial charge in [-0.15, -0.1) is 0 Å². The maximum absolute atomic E-state index is 6.07. The number of quaternary nitrogens is 1. The van der Waals surface area contributed by atoms with Crippen molar-refractivity contribution in [1.82, 2.24) is 0 Å². The highest BCUT2D eigenvalue weighted by molar-refractivity contribution is 6.16. The topological polar surface area (TPSA) is 0 Å². The molecule has 0 spiro atoms.